The van der Waals surface area contributed by atoms with Crippen molar-refractivity contribution in [3.8, 4) is 0 Å². The molecule has 2 atom stereocenters. The van der Waals surface area contributed by atoms with Crippen LogP contribution in [0.1, 0.15) is 33.6 Å². The summed E-state index contributed by atoms with van der Waals surface area (Å²) >= 11 is 0. The molecule has 0 amide bonds. The molecule has 0 rings (SSSR count). The minimum absolute atomic E-state index is 0. The summed E-state index contributed by atoms with van der Waals surface area (Å²) in [4.78, 5) is 26.3. The second-order valence-electron chi connectivity index (χ2n) is 3.53. The molecule has 7 heteroatoms. The van der Waals surface area contributed by atoms with Crippen LogP contribution in [-0.4, -0.2) is 23.9 Å². The fraction of sp³-hybridized carbons (Fsp3) is 0.700. The molecule has 100 valence electrons. The second-order valence-corrected chi connectivity index (χ2v) is 3.53. The Morgan fingerprint density at radius 3 is 2.18 bits per heavy atom. The average molecular weight is 285 g/mol. The van der Waals surface area contributed by atoms with Crippen molar-refractivity contribution in [2.24, 2.45) is 22.4 Å². The molecule has 2 unspecified atom stereocenters. The van der Waals surface area contributed by atoms with Gasteiger partial charge in [-0.05, 0) is 5.92 Å². The van der Waals surface area contributed by atoms with Crippen LogP contribution in [0.2, 0.25) is 0 Å². The van der Waals surface area contributed by atoms with Crippen molar-refractivity contribution in [1.82, 2.24) is 0 Å². The number of guanidine groups is 1. The molecule has 0 spiro atoms. The first-order valence-electron chi connectivity index (χ1n) is 5.25. The van der Waals surface area contributed by atoms with Crippen LogP contribution in [-0.2, 0) is 31.4 Å². The Kier molecular flexibility index (Phi) is 9.70. The molecular formula is C10H19FeN3O3. The van der Waals surface area contributed by atoms with Gasteiger partial charge in [-0.15, -0.1) is 0 Å². The number of carbonyl (C=O) groups is 2. The van der Waals surface area contributed by atoms with Gasteiger partial charge in [0.25, 0.3) is 0 Å². The molecule has 0 aliphatic rings. The van der Waals surface area contributed by atoms with Crippen molar-refractivity contribution in [1.29, 1.82) is 0 Å². The van der Waals surface area contributed by atoms with Crippen LogP contribution < -0.4 is 11.5 Å². The third kappa shape index (κ3) is 6.97. The molecule has 0 aromatic carbocycles. The van der Waals surface area contributed by atoms with E-state index in [2.05, 4.69) is 9.73 Å². The van der Waals surface area contributed by atoms with Crippen molar-refractivity contribution >= 4 is 17.9 Å². The smallest absolute Gasteiger partial charge is 0.338 e. The minimum Gasteiger partial charge on any atom is -0.392 e. The third-order valence-corrected chi connectivity index (χ3v) is 2.22. The van der Waals surface area contributed by atoms with E-state index in [1.165, 1.54) is 0 Å². The van der Waals surface area contributed by atoms with Gasteiger partial charge < -0.3 is 16.2 Å². The number of nitrogens with two attached hydrogens (primary N) is 2. The minimum atomic E-state index is -0.814. The van der Waals surface area contributed by atoms with E-state index in [1.54, 1.807) is 6.92 Å². The van der Waals surface area contributed by atoms with Gasteiger partial charge in [0.2, 0.25) is 0 Å². The van der Waals surface area contributed by atoms with E-state index in [4.69, 9.17) is 11.5 Å². The first-order valence-corrected chi connectivity index (χ1v) is 5.25. The van der Waals surface area contributed by atoms with Crippen LogP contribution in [0.5, 0.6) is 0 Å². The average Bonchev–Trinajstić information content (AvgIpc) is 2.24. The van der Waals surface area contributed by atoms with Crippen LogP contribution in [0, 0.1) is 5.92 Å². The van der Waals surface area contributed by atoms with Crippen molar-refractivity contribution < 1.29 is 31.4 Å². The molecular weight excluding hydrogens is 266 g/mol. The SMILES string of the molecule is CCC(=O)OC(=O)C(N=C(N)N)C(C)CC.[Fe]. The number of nitrogens with zero attached hydrogens (tertiary/aromatic N) is 1. The predicted octanol–water partition coefficient (Wildman–Crippen LogP) is 0.152. The Hall–Kier alpha value is -1.07. The standard InChI is InChI=1S/C10H19N3O3.Fe/c1-4-6(3)8(13-10(11)12)9(15)16-7(14)5-2;/h6,8H,4-5H2,1-3H3,(H4,11,12,13);. The van der Waals surface area contributed by atoms with Crippen molar-refractivity contribution in [3.05, 3.63) is 0 Å². The van der Waals surface area contributed by atoms with E-state index in [0.717, 1.165) is 0 Å². The zero-order valence-corrected chi connectivity index (χ0v) is 11.4. The molecule has 0 saturated carbocycles. The van der Waals surface area contributed by atoms with E-state index in [0.29, 0.717) is 6.42 Å². The van der Waals surface area contributed by atoms with Gasteiger partial charge in [-0.3, -0.25) is 4.79 Å². The molecule has 0 aliphatic carbocycles. The summed E-state index contributed by atoms with van der Waals surface area (Å²) in [7, 11) is 0. The van der Waals surface area contributed by atoms with E-state index >= 15 is 0 Å². The first-order chi connectivity index (χ1) is 7.42. The molecule has 4 N–H and O–H groups in total. The summed E-state index contributed by atoms with van der Waals surface area (Å²) in [6.45, 7) is 5.32. The van der Waals surface area contributed by atoms with Crippen molar-refractivity contribution in [2.45, 2.75) is 39.7 Å². The Morgan fingerprint density at radius 1 is 1.29 bits per heavy atom. The van der Waals surface area contributed by atoms with Crippen molar-refractivity contribution in [3.63, 3.8) is 0 Å². The van der Waals surface area contributed by atoms with Crippen LogP contribution in [0.3, 0.4) is 0 Å². The molecule has 0 aliphatic heterocycles. The molecule has 0 radical (unpaired) electrons. The molecule has 0 bridgehead atoms. The molecule has 0 aromatic heterocycles. The number of carbonyl (C=O) groups excluding carboxylic acids is 2. The van der Waals surface area contributed by atoms with Gasteiger partial charge in [0.05, 0.1) is 0 Å². The van der Waals surface area contributed by atoms with Crippen molar-refractivity contribution in [2.75, 3.05) is 0 Å². The molecule has 17 heavy (non-hydrogen) atoms. The first kappa shape index (κ1) is 18.3. The van der Waals surface area contributed by atoms with Gasteiger partial charge >= 0.3 is 11.9 Å². The fourth-order valence-electron chi connectivity index (χ4n) is 1.04. The number of aliphatic imine (C=N–C) groups is 1. The zero-order valence-electron chi connectivity index (χ0n) is 10.2. The second kappa shape index (κ2) is 9.01. The van der Waals surface area contributed by atoms with Gasteiger partial charge in [0.15, 0.2) is 12.0 Å². The van der Waals surface area contributed by atoms with Gasteiger partial charge in [0.1, 0.15) is 0 Å². The summed E-state index contributed by atoms with van der Waals surface area (Å²) < 4.78 is 4.59. The quantitative estimate of drug-likeness (QED) is 0.246. The molecule has 6 nitrogen and oxygen atoms in total. The van der Waals surface area contributed by atoms with Crippen LogP contribution in [0.15, 0.2) is 4.99 Å². The number of hydrogen-bond acceptors (Lipinski definition) is 4. The third-order valence-electron chi connectivity index (χ3n) is 2.22. The normalized spacial score (nSPS) is 12.9. The molecule has 0 fully saturated rings. The Bertz CT molecular complexity index is 291. The Labute approximate surface area is 112 Å². The molecule has 0 aromatic rings. The van der Waals surface area contributed by atoms with Crippen LogP contribution in [0.25, 0.3) is 0 Å². The maximum atomic E-state index is 11.6. The Balaban J connectivity index is 0. The summed E-state index contributed by atoms with van der Waals surface area (Å²) in [5, 5.41) is 0. The van der Waals surface area contributed by atoms with E-state index in [9.17, 15) is 9.59 Å². The predicted molar refractivity (Wildman–Crippen MR) is 60.4 cm³/mol. The number of ether oxygens (including phenoxy) is 1. The monoisotopic (exact) mass is 285 g/mol. The largest absolute Gasteiger partial charge is 0.392 e. The number of esters is 2. The topological polar surface area (TPSA) is 108 Å². The zero-order chi connectivity index (χ0) is 12.7. The number of rotatable bonds is 5. The van der Waals surface area contributed by atoms with Crippen LogP contribution in [0.4, 0.5) is 0 Å². The Morgan fingerprint density at radius 2 is 1.82 bits per heavy atom. The van der Waals surface area contributed by atoms with Gasteiger partial charge in [-0.2, -0.15) is 0 Å². The maximum absolute atomic E-state index is 11.6. The maximum Gasteiger partial charge on any atom is 0.338 e. The van der Waals surface area contributed by atoms with E-state index in [1.807, 2.05) is 13.8 Å². The van der Waals surface area contributed by atoms with Gasteiger partial charge in [-0.25, -0.2) is 9.79 Å². The molecule has 0 heterocycles. The van der Waals surface area contributed by atoms with Gasteiger partial charge in [-0.1, -0.05) is 27.2 Å². The summed E-state index contributed by atoms with van der Waals surface area (Å²) in [6, 6.07) is -0.814. The number of hydrogen-bond donors (Lipinski definition) is 2. The molecule has 0 saturated heterocycles. The van der Waals surface area contributed by atoms with E-state index in [-0.39, 0.29) is 35.4 Å². The summed E-state index contributed by atoms with van der Waals surface area (Å²) in [5.74, 6) is -1.55. The van der Waals surface area contributed by atoms with Gasteiger partial charge in [0, 0.05) is 23.5 Å². The van der Waals surface area contributed by atoms with E-state index < -0.39 is 18.0 Å². The van der Waals surface area contributed by atoms with Crippen LogP contribution >= 0.6 is 0 Å². The fourth-order valence-corrected chi connectivity index (χ4v) is 1.04. The summed E-state index contributed by atoms with van der Waals surface area (Å²) in [5.41, 5.74) is 10.4. The summed E-state index contributed by atoms with van der Waals surface area (Å²) in [6.07, 6.45) is 0.845.